The largest absolute Gasteiger partial charge is 0.388 e. The standard InChI is InChI=1S/C24H34N8O2S/c1-2-21(33)27-17-3-5-18(6-4-17)28-23-22-20(7-14-35-22)30-24(31-23)29-19(15-25)16-26-8-9-32-10-12-34-13-11-32/h2,7,14-18,25-26H,1,3-6,8-13H2,(H,27,33)(H2,28,29,30,31)/b19-16+,25-15?/t17-,18+. The van der Waals surface area contributed by atoms with Crippen LogP contribution in [0.5, 0.6) is 0 Å². The highest BCUT2D eigenvalue weighted by Gasteiger charge is 2.23. The summed E-state index contributed by atoms with van der Waals surface area (Å²) in [5.41, 5.74) is 1.46. The summed E-state index contributed by atoms with van der Waals surface area (Å²) in [6.07, 6.45) is 8.09. The van der Waals surface area contributed by atoms with Gasteiger partial charge in [-0.15, -0.1) is 11.3 Å². The van der Waals surface area contributed by atoms with Gasteiger partial charge in [0.25, 0.3) is 0 Å². The molecule has 1 amide bonds. The molecule has 0 spiro atoms. The Morgan fingerprint density at radius 2 is 2.00 bits per heavy atom. The molecule has 2 aromatic heterocycles. The minimum atomic E-state index is -0.112. The van der Waals surface area contributed by atoms with Crippen LogP contribution in [0.4, 0.5) is 11.8 Å². The number of hydrogen-bond donors (Lipinski definition) is 5. The lowest BCUT2D eigenvalue weighted by molar-refractivity contribution is -0.117. The maximum atomic E-state index is 11.6. The van der Waals surface area contributed by atoms with Gasteiger partial charge in [0.15, 0.2) is 0 Å². The maximum Gasteiger partial charge on any atom is 0.243 e. The molecule has 0 atom stereocenters. The number of nitrogens with zero attached hydrogens (tertiary/aromatic N) is 3. The topological polar surface area (TPSA) is 127 Å². The molecule has 5 N–H and O–H groups in total. The van der Waals surface area contributed by atoms with E-state index in [4.69, 9.17) is 15.1 Å². The molecule has 188 valence electrons. The van der Waals surface area contributed by atoms with Crippen molar-refractivity contribution in [1.29, 1.82) is 5.41 Å². The van der Waals surface area contributed by atoms with Crippen molar-refractivity contribution in [3.63, 3.8) is 0 Å². The Labute approximate surface area is 209 Å². The van der Waals surface area contributed by atoms with Gasteiger partial charge in [0.1, 0.15) is 5.82 Å². The minimum absolute atomic E-state index is 0.112. The van der Waals surface area contributed by atoms with Crippen molar-refractivity contribution < 1.29 is 9.53 Å². The van der Waals surface area contributed by atoms with Crippen molar-refractivity contribution in [3.8, 4) is 0 Å². The molecular weight excluding hydrogens is 464 g/mol. The number of fused-ring (bicyclic) bond motifs is 1. The lowest BCUT2D eigenvalue weighted by Gasteiger charge is -2.29. The molecule has 1 aliphatic heterocycles. The van der Waals surface area contributed by atoms with Crippen molar-refractivity contribution in [2.75, 3.05) is 50.0 Å². The van der Waals surface area contributed by atoms with Crippen molar-refractivity contribution in [3.05, 3.63) is 36.0 Å². The summed E-state index contributed by atoms with van der Waals surface area (Å²) < 4.78 is 6.40. The molecule has 10 nitrogen and oxygen atoms in total. The van der Waals surface area contributed by atoms with Gasteiger partial charge >= 0.3 is 0 Å². The second kappa shape index (κ2) is 12.6. The van der Waals surface area contributed by atoms with Crippen LogP contribution in [0, 0.1) is 5.41 Å². The Morgan fingerprint density at radius 3 is 2.74 bits per heavy atom. The molecule has 0 unspecified atom stereocenters. The zero-order chi connectivity index (χ0) is 24.5. The second-order valence-electron chi connectivity index (χ2n) is 8.71. The van der Waals surface area contributed by atoms with Gasteiger partial charge in [-0.1, -0.05) is 6.58 Å². The highest BCUT2D eigenvalue weighted by molar-refractivity contribution is 7.17. The van der Waals surface area contributed by atoms with Crippen LogP contribution in [0.1, 0.15) is 25.7 Å². The SMILES string of the molecule is C=CC(=O)N[C@H]1CC[C@@H](Nc2nc(N/C(C=N)=C/NCCN3CCOCC3)nc3ccsc23)CC1. The third-order valence-electron chi connectivity index (χ3n) is 6.25. The van der Waals surface area contributed by atoms with Gasteiger partial charge in [0.05, 0.1) is 29.1 Å². The molecule has 2 aliphatic rings. The monoisotopic (exact) mass is 498 g/mol. The van der Waals surface area contributed by atoms with E-state index in [1.54, 1.807) is 17.5 Å². The van der Waals surface area contributed by atoms with Gasteiger partial charge in [-0.25, -0.2) is 4.98 Å². The number of carbonyl (C=O) groups excluding carboxylic acids is 1. The summed E-state index contributed by atoms with van der Waals surface area (Å²) in [6, 6.07) is 2.45. The lowest BCUT2D eigenvalue weighted by Crippen LogP contribution is -2.39. The Hall–Kier alpha value is -3.02. The molecule has 2 aromatic rings. The van der Waals surface area contributed by atoms with Gasteiger partial charge in [-0.05, 0) is 43.2 Å². The molecule has 1 saturated carbocycles. The van der Waals surface area contributed by atoms with E-state index >= 15 is 0 Å². The van der Waals surface area contributed by atoms with E-state index in [2.05, 4.69) is 37.7 Å². The average Bonchev–Trinajstić information content (AvgIpc) is 3.36. The molecule has 1 saturated heterocycles. The number of aromatic nitrogens is 2. The first kappa shape index (κ1) is 25.1. The molecule has 0 bridgehead atoms. The zero-order valence-electron chi connectivity index (χ0n) is 19.9. The van der Waals surface area contributed by atoms with E-state index in [9.17, 15) is 4.79 Å². The molecule has 35 heavy (non-hydrogen) atoms. The van der Waals surface area contributed by atoms with Crippen LogP contribution < -0.4 is 21.3 Å². The first-order valence-corrected chi connectivity index (χ1v) is 13.0. The third-order valence-corrected chi connectivity index (χ3v) is 7.16. The number of morpholine rings is 1. The predicted molar refractivity (Wildman–Crippen MR) is 141 cm³/mol. The van der Waals surface area contributed by atoms with E-state index in [1.807, 2.05) is 11.4 Å². The van der Waals surface area contributed by atoms with E-state index in [0.717, 1.165) is 81.1 Å². The van der Waals surface area contributed by atoms with Crippen LogP contribution in [0.15, 0.2) is 36.0 Å². The highest BCUT2D eigenvalue weighted by Crippen LogP contribution is 2.30. The van der Waals surface area contributed by atoms with E-state index in [-0.39, 0.29) is 18.0 Å². The zero-order valence-corrected chi connectivity index (χ0v) is 20.7. The first-order chi connectivity index (χ1) is 17.1. The lowest BCUT2D eigenvalue weighted by atomic mass is 9.91. The van der Waals surface area contributed by atoms with Crippen LogP contribution in [0.25, 0.3) is 10.2 Å². The fraction of sp³-hybridized carbons (Fsp3) is 0.500. The summed E-state index contributed by atoms with van der Waals surface area (Å²) in [6.45, 7) is 8.72. The molecule has 1 aliphatic carbocycles. The van der Waals surface area contributed by atoms with Crippen molar-refractivity contribution in [2.45, 2.75) is 37.8 Å². The van der Waals surface area contributed by atoms with Crippen molar-refractivity contribution in [2.24, 2.45) is 0 Å². The Bertz CT molecular complexity index is 1040. The smallest absolute Gasteiger partial charge is 0.243 e. The Morgan fingerprint density at radius 1 is 1.23 bits per heavy atom. The second-order valence-corrected chi connectivity index (χ2v) is 9.63. The number of thiophene rings is 1. The van der Waals surface area contributed by atoms with Crippen LogP contribution >= 0.6 is 11.3 Å². The minimum Gasteiger partial charge on any atom is -0.388 e. The van der Waals surface area contributed by atoms with Gasteiger partial charge in [0, 0.05) is 50.7 Å². The highest BCUT2D eigenvalue weighted by atomic mass is 32.1. The van der Waals surface area contributed by atoms with Gasteiger partial charge in [-0.2, -0.15) is 4.98 Å². The van der Waals surface area contributed by atoms with Crippen molar-refractivity contribution >= 4 is 45.4 Å². The molecule has 2 fully saturated rings. The number of nitrogens with one attached hydrogen (secondary N) is 5. The third kappa shape index (κ3) is 7.23. The van der Waals surface area contributed by atoms with E-state index in [0.29, 0.717) is 11.6 Å². The summed E-state index contributed by atoms with van der Waals surface area (Å²) in [4.78, 5) is 23.3. The molecule has 0 aromatic carbocycles. The number of hydrogen-bond acceptors (Lipinski definition) is 10. The number of carbonyl (C=O) groups is 1. The van der Waals surface area contributed by atoms with E-state index in [1.165, 1.54) is 12.3 Å². The average molecular weight is 499 g/mol. The van der Waals surface area contributed by atoms with Gasteiger partial charge in [-0.3, -0.25) is 9.69 Å². The number of anilines is 2. The van der Waals surface area contributed by atoms with E-state index < -0.39 is 0 Å². The Balaban J connectivity index is 1.35. The van der Waals surface area contributed by atoms with Gasteiger partial charge < -0.3 is 31.4 Å². The summed E-state index contributed by atoms with van der Waals surface area (Å²) >= 11 is 1.61. The normalized spacial score (nSPS) is 21.3. The summed E-state index contributed by atoms with van der Waals surface area (Å²) in [7, 11) is 0. The number of allylic oxidation sites excluding steroid dienone is 1. The van der Waals surface area contributed by atoms with Crippen LogP contribution in [0.2, 0.25) is 0 Å². The van der Waals surface area contributed by atoms with Crippen LogP contribution in [-0.2, 0) is 9.53 Å². The quantitative estimate of drug-likeness (QED) is 0.182. The summed E-state index contributed by atoms with van der Waals surface area (Å²) in [5.74, 6) is 1.14. The fourth-order valence-electron chi connectivity index (χ4n) is 4.33. The van der Waals surface area contributed by atoms with Gasteiger partial charge in [0.2, 0.25) is 11.9 Å². The van der Waals surface area contributed by atoms with Crippen LogP contribution in [0.3, 0.4) is 0 Å². The summed E-state index contributed by atoms with van der Waals surface area (Å²) in [5, 5.41) is 22.8. The maximum absolute atomic E-state index is 11.6. The fourth-order valence-corrected chi connectivity index (χ4v) is 5.11. The van der Waals surface area contributed by atoms with Crippen molar-refractivity contribution in [1.82, 2.24) is 25.5 Å². The molecule has 0 radical (unpaired) electrons. The molecular formula is C24H34N8O2S. The Kier molecular flexibility index (Phi) is 9.04. The molecule has 4 rings (SSSR count). The predicted octanol–water partition coefficient (Wildman–Crippen LogP) is 2.54. The number of ether oxygens (including phenoxy) is 1. The first-order valence-electron chi connectivity index (χ1n) is 12.1. The number of rotatable bonds is 11. The van der Waals surface area contributed by atoms with Crippen LogP contribution in [-0.4, -0.2) is 78.5 Å². The molecule has 11 heteroatoms. The molecule has 3 heterocycles. The number of amides is 1.